The van der Waals surface area contributed by atoms with Gasteiger partial charge in [0.2, 0.25) is 5.91 Å². The van der Waals surface area contributed by atoms with Crippen LogP contribution in [0.5, 0.6) is 0 Å². The number of hydrogen-bond acceptors (Lipinski definition) is 2. The average molecular weight is 245 g/mol. The van der Waals surface area contributed by atoms with Crippen LogP contribution in [-0.4, -0.2) is 11.9 Å². The minimum atomic E-state index is -0.504. The summed E-state index contributed by atoms with van der Waals surface area (Å²) in [7, 11) is 0. The van der Waals surface area contributed by atoms with Crippen molar-refractivity contribution in [1.29, 1.82) is 0 Å². The van der Waals surface area contributed by atoms with Gasteiger partial charge >= 0.3 is 0 Å². The van der Waals surface area contributed by atoms with Gasteiger partial charge in [-0.05, 0) is 24.1 Å². The summed E-state index contributed by atoms with van der Waals surface area (Å²) in [6, 6.07) is 3.81. The summed E-state index contributed by atoms with van der Waals surface area (Å²) in [6.07, 6.45) is 0.579. The highest BCUT2D eigenvalue weighted by molar-refractivity contribution is 6.30. The molecule has 0 aliphatic rings. The molecule has 0 spiro atoms. The molecule has 0 aliphatic heterocycles. The van der Waals surface area contributed by atoms with E-state index in [-0.39, 0.29) is 10.9 Å². The lowest BCUT2D eigenvalue weighted by atomic mass is 10.2. The van der Waals surface area contributed by atoms with Crippen molar-refractivity contribution in [1.82, 2.24) is 5.32 Å². The number of carbonyl (C=O) groups excluding carboxylic acids is 1. The Hall–Kier alpha value is -1.13. The first kappa shape index (κ1) is 12.9. The Morgan fingerprint density at radius 3 is 2.88 bits per heavy atom. The number of carbonyl (C=O) groups is 1. The second-order valence-corrected chi connectivity index (χ2v) is 3.89. The van der Waals surface area contributed by atoms with Crippen LogP contribution in [0.25, 0.3) is 0 Å². The first-order valence-electron chi connectivity index (χ1n) is 5.01. The molecule has 0 saturated heterocycles. The summed E-state index contributed by atoms with van der Waals surface area (Å²) < 4.78 is 12.8. The highest BCUT2D eigenvalue weighted by Gasteiger charge is 2.10. The van der Waals surface area contributed by atoms with Crippen LogP contribution in [0.4, 0.5) is 4.39 Å². The van der Waals surface area contributed by atoms with E-state index >= 15 is 0 Å². The minimum absolute atomic E-state index is 0.0477. The van der Waals surface area contributed by atoms with Gasteiger partial charge in [-0.1, -0.05) is 24.6 Å². The lowest BCUT2D eigenvalue weighted by Gasteiger charge is -2.10. The number of halogens is 2. The summed E-state index contributed by atoms with van der Waals surface area (Å²) in [6.45, 7) is 2.13. The van der Waals surface area contributed by atoms with E-state index in [0.717, 1.165) is 5.56 Å². The Bertz CT molecular complexity index is 384. The standard InChI is InChI=1S/C11H14ClFN2O/c1-2-10(14)11(16)15-6-7-3-4-9(13)8(12)5-7/h3-5,10H,2,6,14H2,1H3,(H,15,16)/t10-/m0/s1. The van der Waals surface area contributed by atoms with Gasteiger partial charge in [-0.2, -0.15) is 0 Å². The number of benzene rings is 1. The van der Waals surface area contributed by atoms with Crippen LogP contribution in [-0.2, 0) is 11.3 Å². The first-order chi connectivity index (χ1) is 7.54. The highest BCUT2D eigenvalue weighted by Crippen LogP contribution is 2.15. The van der Waals surface area contributed by atoms with E-state index in [1.54, 1.807) is 6.07 Å². The molecule has 0 fully saturated rings. The topological polar surface area (TPSA) is 55.1 Å². The molecule has 1 amide bonds. The molecule has 88 valence electrons. The van der Waals surface area contributed by atoms with E-state index in [9.17, 15) is 9.18 Å². The van der Waals surface area contributed by atoms with Gasteiger partial charge in [-0.25, -0.2) is 4.39 Å². The third-order valence-electron chi connectivity index (χ3n) is 2.23. The van der Waals surface area contributed by atoms with E-state index in [0.29, 0.717) is 13.0 Å². The number of nitrogens with one attached hydrogen (secondary N) is 1. The van der Waals surface area contributed by atoms with Gasteiger partial charge in [0.25, 0.3) is 0 Å². The fraction of sp³-hybridized carbons (Fsp3) is 0.364. The van der Waals surface area contributed by atoms with E-state index in [2.05, 4.69) is 5.32 Å². The second kappa shape index (κ2) is 5.82. The lowest BCUT2D eigenvalue weighted by Crippen LogP contribution is -2.39. The van der Waals surface area contributed by atoms with Crippen molar-refractivity contribution < 1.29 is 9.18 Å². The molecule has 3 N–H and O–H groups in total. The molecule has 1 rings (SSSR count). The van der Waals surface area contributed by atoms with Gasteiger partial charge in [-0.3, -0.25) is 4.79 Å². The quantitative estimate of drug-likeness (QED) is 0.849. The SMILES string of the molecule is CC[C@H](N)C(=O)NCc1ccc(F)c(Cl)c1. The fourth-order valence-electron chi connectivity index (χ4n) is 1.16. The maximum Gasteiger partial charge on any atom is 0.237 e. The summed E-state index contributed by atoms with van der Waals surface area (Å²) in [4.78, 5) is 11.4. The Labute approximate surface area is 98.8 Å². The van der Waals surface area contributed by atoms with Crippen molar-refractivity contribution in [3.8, 4) is 0 Å². The summed E-state index contributed by atoms with van der Waals surface area (Å²) >= 11 is 5.61. The summed E-state index contributed by atoms with van der Waals surface area (Å²) in [5, 5.41) is 2.70. The molecule has 0 bridgehead atoms. The predicted octanol–water partition coefficient (Wildman–Crippen LogP) is 1.83. The van der Waals surface area contributed by atoms with Gasteiger partial charge in [0.15, 0.2) is 0 Å². The molecular formula is C11H14ClFN2O. The molecule has 1 aromatic rings. The van der Waals surface area contributed by atoms with Crippen LogP contribution in [0.15, 0.2) is 18.2 Å². The fourth-order valence-corrected chi connectivity index (χ4v) is 1.36. The molecule has 0 aromatic heterocycles. The van der Waals surface area contributed by atoms with Crippen molar-refractivity contribution in [2.24, 2.45) is 5.73 Å². The zero-order chi connectivity index (χ0) is 12.1. The van der Waals surface area contributed by atoms with Crippen LogP contribution in [0.3, 0.4) is 0 Å². The smallest absolute Gasteiger partial charge is 0.237 e. The normalized spacial score (nSPS) is 12.2. The van der Waals surface area contributed by atoms with Crippen LogP contribution >= 0.6 is 11.6 Å². The highest BCUT2D eigenvalue weighted by atomic mass is 35.5. The van der Waals surface area contributed by atoms with Crippen molar-refractivity contribution >= 4 is 17.5 Å². The second-order valence-electron chi connectivity index (χ2n) is 3.48. The maximum absolute atomic E-state index is 12.8. The monoisotopic (exact) mass is 244 g/mol. The van der Waals surface area contributed by atoms with Gasteiger partial charge in [0, 0.05) is 6.54 Å². The van der Waals surface area contributed by atoms with Gasteiger partial charge in [0.05, 0.1) is 11.1 Å². The molecule has 0 saturated carbocycles. The lowest BCUT2D eigenvalue weighted by molar-refractivity contribution is -0.122. The maximum atomic E-state index is 12.8. The number of hydrogen-bond donors (Lipinski definition) is 2. The molecule has 0 unspecified atom stereocenters. The minimum Gasteiger partial charge on any atom is -0.351 e. The van der Waals surface area contributed by atoms with Crippen molar-refractivity contribution in [3.05, 3.63) is 34.6 Å². The van der Waals surface area contributed by atoms with Gasteiger partial charge in [-0.15, -0.1) is 0 Å². The van der Waals surface area contributed by atoms with Crippen LogP contribution in [0, 0.1) is 5.82 Å². The number of amides is 1. The number of nitrogens with two attached hydrogens (primary N) is 1. The Morgan fingerprint density at radius 2 is 2.31 bits per heavy atom. The van der Waals surface area contributed by atoms with Crippen molar-refractivity contribution in [2.75, 3.05) is 0 Å². The van der Waals surface area contributed by atoms with E-state index in [1.807, 2.05) is 6.92 Å². The van der Waals surface area contributed by atoms with Gasteiger partial charge < -0.3 is 11.1 Å². The molecule has 0 aliphatic carbocycles. The first-order valence-corrected chi connectivity index (χ1v) is 5.39. The summed E-state index contributed by atoms with van der Waals surface area (Å²) in [5.41, 5.74) is 6.28. The van der Waals surface area contributed by atoms with Gasteiger partial charge in [0.1, 0.15) is 5.82 Å². The van der Waals surface area contributed by atoms with E-state index in [1.165, 1.54) is 12.1 Å². The largest absolute Gasteiger partial charge is 0.351 e. The molecule has 0 heterocycles. The molecule has 5 heteroatoms. The molecule has 3 nitrogen and oxygen atoms in total. The molecule has 0 radical (unpaired) electrons. The Morgan fingerprint density at radius 1 is 1.62 bits per heavy atom. The van der Waals surface area contributed by atoms with E-state index < -0.39 is 11.9 Å². The van der Waals surface area contributed by atoms with Crippen molar-refractivity contribution in [3.63, 3.8) is 0 Å². The average Bonchev–Trinajstić information content (AvgIpc) is 2.29. The third kappa shape index (κ3) is 3.47. The predicted molar refractivity (Wildman–Crippen MR) is 61.5 cm³/mol. The molecule has 1 atom stereocenters. The zero-order valence-corrected chi connectivity index (χ0v) is 9.72. The third-order valence-corrected chi connectivity index (χ3v) is 2.52. The van der Waals surface area contributed by atoms with Crippen LogP contribution < -0.4 is 11.1 Å². The molecule has 16 heavy (non-hydrogen) atoms. The summed E-state index contributed by atoms with van der Waals surface area (Å²) in [5.74, 6) is -0.690. The number of rotatable bonds is 4. The van der Waals surface area contributed by atoms with Crippen LogP contribution in [0.1, 0.15) is 18.9 Å². The van der Waals surface area contributed by atoms with Crippen molar-refractivity contribution in [2.45, 2.75) is 25.9 Å². The molecule has 1 aromatic carbocycles. The van der Waals surface area contributed by atoms with E-state index in [4.69, 9.17) is 17.3 Å². The van der Waals surface area contributed by atoms with Crippen LogP contribution in [0.2, 0.25) is 5.02 Å². The molecular weight excluding hydrogens is 231 g/mol. The Balaban J connectivity index is 2.55. The Kier molecular flexibility index (Phi) is 4.71. The zero-order valence-electron chi connectivity index (χ0n) is 8.97.